The van der Waals surface area contributed by atoms with E-state index in [4.69, 9.17) is 5.11 Å². The van der Waals surface area contributed by atoms with Gasteiger partial charge in [0.1, 0.15) is 0 Å². The molecule has 0 spiro atoms. The zero-order valence-electron chi connectivity index (χ0n) is 8.18. The first-order valence-corrected chi connectivity index (χ1v) is 5.22. The van der Waals surface area contributed by atoms with Crippen LogP contribution in [-0.4, -0.2) is 22.3 Å². The quantitative estimate of drug-likeness (QED) is 0.732. The Morgan fingerprint density at radius 1 is 1.27 bits per heavy atom. The SMILES string of the molecule is O=C(O)c1ccc2c(c1)[C@@H]1C[C@H]2[C@@H](O)C1. The smallest absolute Gasteiger partial charge is 0.335 e. The molecule has 3 nitrogen and oxygen atoms in total. The number of fused-ring (bicyclic) bond motifs is 5. The first-order valence-electron chi connectivity index (χ1n) is 5.22. The maximum absolute atomic E-state index is 10.8. The van der Waals surface area contributed by atoms with Crippen molar-refractivity contribution >= 4 is 5.97 Å². The van der Waals surface area contributed by atoms with E-state index in [1.807, 2.05) is 6.07 Å². The topological polar surface area (TPSA) is 57.5 Å². The molecule has 78 valence electrons. The van der Waals surface area contributed by atoms with Crippen molar-refractivity contribution in [1.82, 2.24) is 0 Å². The first-order chi connectivity index (χ1) is 7.16. The molecule has 2 N–H and O–H groups in total. The number of aromatic carboxylic acids is 1. The number of carboxylic acid groups (broad SMARTS) is 1. The second kappa shape index (κ2) is 2.83. The van der Waals surface area contributed by atoms with Crippen LogP contribution in [0.25, 0.3) is 0 Å². The van der Waals surface area contributed by atoms with Crippen LogP contribution < -0.4 is 0 Å². The lowest BCUT2D eigenvalue weighted by Crippen LogP contribution is -2.15. The molecule has 0 unspecified atom stereocenters. The number of hydrogen-bond acceptors (Lipinski definition) is 2. The van der Waals surface area contributed by atoms with Crippen LogP contribution in [0.5, 0.6) is 0 Å². The summed E-state index contributed by atoms with van der Waals surface area (Å²) in [6, 6.07) is 5.27. The number of carbonyl (C=O) groups is 1. The molecule has 1 fully saturated rings. The van der Waals surface area contributed by atoms with E-state index in [0.717, 1.165) is 24.0 Å². The number of hydrogen-bond donors (Lipinski definition) is 2. The summed E-state index contributed by atoms with van der Waals surface area (Å²) < 4.78 is 0. The maximum Gasteiger partial charge on any atom is 0.335 e. The lowest BCUT2D eigenvalue weighted by Gasteiger charge is -2.20. The lowest BCUT2D eigenvalue weighted by molar-refractivity contribution is 0.0696. The predicted molar refractivity (Wildman–Crippen MR) is 54.1 cm³/mol. The van der Waals surface area contributed by atoms with Crippen LogP contribution in [0.15, 0.2) is 18.2 Å². The van der Waals surface area contributed by atoms with Crippen molar-refractivity contribution < 1.29 is 15.0 Å². The standard InChI is InChI=1S/C12H12O3/c13-11-5-7-4-10(11)8-2-1-6(12(14)15)3-9(7)8/h1-3,7,10-11,13H,4-5H2,(H,14,15)/t7-,10-,11+/m1/s1. The fraction of sp³-hybridized carbons (Fsp3) is 0.417. The summed E-state index contributed by atoms with van der Waals surface area (Å²) in [4.78, 5) is 10.8. The van der Waals surface area contributed by atoms with Crippen LogP contribution in [0.1, 0.15) is 46.2 Å². The van der Waals surface area contributed by atoms with Crippen molar-refractivity contribution in [2.45, 2.75) is 30.8 Å². The Morgan fingerprint density at radius 2 is 2.07 bits per heavy atom. The van der Waals surface area contributed by atoms with E-state index in [1.165, 1.54) is 0 Å². The third kappa shape index (κ3) is 1.13. The number of benzene rings is 1. The number of carboxylic acids is 1. The van der Waals surface area contributed by atoms with E-state index >= 15 is 0 Å². The fourth-order valence-corrected chi connectivity index (χ4v) is 3.00. The number of rotatable bonds is 1. The molecule has 0 aromatic heterocycles. The summed E-state index contributed by atoms with van der Waals surface area (Å²) >= 11 is 0. The van der Waals surface area contributed by atoms with Gasteiger partial charge in [-0.25, -0.2) is 4.79 Å². The van der Waals surface area contributed by atoms with Crippen molar-refractivity contribution in [3.05, 3.63) is 34.9 Å². The second-order valence-corrected chi connectivity index (χ2v) is 4.49. The van der Waals surface area contributed by atoms with Gasteiger partial charge >= 0.3 is 5.97 Å². The summed E-state index contributed by atoms with van der Waals surface area (Å²) in [7, 11) is 0. The van der Waals surface area contributed by atoms with Crippen LogP contribution in [0.3, 0.4) is 0 Å². The van der Waals surface area contributed by atoms with Gasteiger partial charge in [-0.05, 0) is 42.0 Å². The molecule has 0 amide bonds. The van der Waals surface area contributed by atoms with Crippen molar-refractivity contribution in [1.29, 1.82) is 0 Å². The zero-order valence-corrected chi connectivity index (χ0v) is 8.18. The highest BCUT2D eigenvalue weighted by molar-refractivity contribution is 5.88. The Morgan fingerprint density at radius 3 is 2.80 bits per heavy atom. The minimum absolute atomic E-state index is 0.224. The minimum Gasteiger partial charge on any atom is -0.478 e. The third-order valence-corrected chi connectivity index (χ3v) is 3.70. The molecule has 1 saturated carbocycles. The van der Waals surface area contributed by atoms with E-state index in [0.29, 0.717) is 11.5 Å². The Labute approximate surface area is 87.4 Å². The zero-order chi connectivity index (χ0) is 10.6. The van der Waals surface area contributed by atoms with Crippen LogP contribution >= 0.6 is 0 Å². The average molecular weight is 204 g/mol. The predicted octanol–water partition coefficient (Wildman–Crippen LogP) is 1.72. The van der Waals surface area contributed by atoms with Gasteiger partial charge in [0.25, 0.3) is 0 Å². The van der Waals surface area contributed by atoms with Crippen LogP contribution in [-0.2, 0) is 0 Å². The largest absolute Gasteiger partial charge is 0.478 e. The van der Waals surface area contributed by atoms with Crippen LogP contribution in [0.4, 0.5) is 0 Å². The Bertz CT molecular complexity index is 438. The Hall–Kier alpha value is -1.35. The van der Waals surface area contributed by atoms with Crippen molar-refractivity contribution in [2.24, 2.45) is 0 Å². The summed E-state index contributed by atoms with van der Waals surface area (Å²) in [6.45, 7) is 0. The molecule has 0 saturated heterocycles. The van der Waals surface area contributed by atoms with Gasteiger partial charge in [0.2, 0.25) is 0 Å². The monoisotopic (exact) mass is 204 g/mol. The van der Waals surface area contributed by atoms with Gasteiger partial charge in [-0.2, -0.15) is 0 Å². The summed E-state index contributed by atoms with van der Waals surface area (Å²) in [5.74, 6) is -0.256. The minimum atomic E-state index is -0.874. The molecule has 0 aliphatic heterocycles. The molecule has 0 heterocycles. The molecular weight excluding hydrogens is 192 g/mol. The molecule has 2 aliphatic carbocycles. The normalized spacial score (nSPS) is 31.7. The Balaban J connectivity index is 2.09. The van der Waals surface area contributed by atoms with Crippen LogP contribution in [0, 0.1) is 0 Å². The lowest BCUT2D eigenvalue weighted by atomic mass is 9.89. The highest BCUT2D eigenvalue weighted by Gasteiger charge is 2.43. The van der Waals surface area contributed by atoms with Crippen molar-refractivity contribution in [3.8, 4) is 0 Å². The van der Waals surface area contributed by atoms with E-state index in [9.17, 15) is 9.90 Å². The number of aliphatic hydroxyl groups excluding tert-OH is 1. The molecule has 3 heteroatoms. The summed E-state index contributed by atoms with van der Waals surface area (Å²) in [5, 5.41) is 18.6. The maximum atomic E-state index is 10.8. The molecule has 3 atom stereocenters. The first kappa shape index (κ1) is 8.92. The molecule has 0 radical (unpaired) electrons. The van der Waals surface area contributed by atoms with Gasteiger partial charge in [-0.3, -0.25) is 0 Å². The fourth-order valence-electron chi connectivity index (χ4n) is 3.00. The van der Waals surface area contributed by atoms with Gasteiger partial charge in [0, 0.05) is 5.92 Å². The van der Waals surface area contributed by atoms with E-state index in [2.05, 4.69) is 0 Å². The molecule has 15 heavy (non-hydrogen) atoms. The molecule has 2 aliphatic rings. The molecule has 2 bridgehead atoms. The molecular formula is C12H12O3. The van der Waals surface area contributed by atoms with Gasteiger partial charge in [0.05, 0.1) is 11.7 Å². The van der Waals surface area contributed by atoms with Gasteiger partial charge in [0.15, 0.2) is 0 Å². The summed E-state index contributed by atoms with van der Waals surface area (Å²) in [6.07, 6.45) is 1.55. The van der Waals surface area contributed by atoms with Gasteiger partial charge < -0.3 is 10.2 Å². The van der Waals surface area contributed by atoms with Gasteiger partial charge in [-0.15, -0.1) is 0 Å². The van der Waals surface area contributed by atoms with Crippen molar-refractivity contribution in [3.63, 3.8) is 0 Å². The van der Waals surface area contributed by atoms with Crippen LogP contribution in [0.2, 0.25) is 0 Å². The van der Waals surface area contributed by atoms with Crippen molar-refractivity contribution in [2.75, 3.05) is 0 Å². The van der Waals surface area contributed by atoms with E-state index in [1.54, 1.807) is 12.1 Å². The molecule has 3 rings (SSSR count). The third-order valence-electron chi connectivity index (χ3n) is 3.70. The number of aliphatic hydroxyl groups is 1. The summed E-state index contributed by atoms with van der Waals surface area (Å²) in [5.41, 5.74) is 2.66. The highest BCUT2D eigenvalue weighted by atomic mass is 16.4. The second-order valence-electron chi connectivity index (χ2n) is 4.49. The van der Waals surface area contributed by atoms with E-state index < -0.39 is 5.97 Å². The van der Waals surface area contributed by atoms with Gasteiger partial charge in [-0.1, -0.05) is 6.07 Å². The highest BCUT2D eigenvalue weighted by Crippen LogP contribution is 2.53. The van der Waals surface area contributed by atoms with E-state index in [-0.39, 0.29) is 12.0 Å². The Kier molecular flexibility index (Phi) is 1.68. The molecule has 1 aromatic rings. The average Bonchev–Trinajstić information content (AvgIpc) is 2.74. The molecule has 1 aromatic carbocycles.